The number of fused-ring (bicyclic) bond motifs is 2. The number of ether oxygens (including phenoxy) is 1. The minimum Gasteiger partial charge on any atom is -0.453 e. The summed E-state index contributed by atoms with van der Waals surface area (Å²) in [5, 5.41) is 5.27. The summed E-state index contributed by atoms with van der Waals surface area (Å²) in [4.78, 5) is 46.0. The van der Waals surface area contributed by atoms with Crippen LogP contribution in [0.5, 0.6) is 0 Å². The summed E-state index contributed by atoms with van der Waals surface area (Å²) in [5.74, 6) is -0.0199. The Morgan fingerprint density at radius 3 is 2.66 bits per heavy atom. The highest BCUT2D eigenvalue weighted by molar-refractivity contribution is 7.20. The van der Waals surface area contributed by atoms with Crippen LogP contribution in [0.25, 0.3) is 21.4 Å². The Bertz CT molecular complexity index is 1390. The fraction of sp³-hybridized carbons (Fsp3) is 0.476. The molecule has 0 aliphatic rings. The monoisotopic (exact) mass is 458 g/mol. The first kappa shape index (κ1) is 22.0. The van der Waals surface area contributed by atoms with Gasteiger partial charge in [0.2, 0.25) is 0 Å². The predicted molar refractivity (Wildman–Crippen MR) is 122 cm³/mol. The van der Waals surface area contributed by atoms with Crippen LogP contribution in [0, 0.1) is 6.92 Å². The highest BCUT2D eigenvalue weighted by Crippen LogP contribution is 2.28. The summed E-state index contributed by atoms with van der Waals surface area (Å²) >= 11 is 1.32. The summed E-state index contributed by atoms with van der Waals surface area (Å²) in [7, 11) is 1.84. The lowest BCUT2D eigenvalue weighted by Crippen LogP contribution is -2.31. The van der Waals surface area contributed by atoms with E-state index in [1.165, 1.54) is 15.9 Å². The third-order valence-electron chi connectivity index (χ3n) is 5.38. The van der Waals surface area contributed by atoms with Gasteiger partial charge >= 0.3 is 11.7 Å². The first-order valence-electron chi connectivity index (χ1n) is 10.7. The number of H-pyrrole nitrogens is 1. The summed E-state index contributed by atoms with van der Waals surface area (Å²) < 4.78 is 10.5. The average Bonchev–Trinajstić information content (AvgIpc) is 3.41. The van der Waals surface area contributed by atoms with Crippen LogP contribution in [0.4, 0.5) is 0 Å². The van der Waals surface area contributed by atoms with Crippen molar-refractivity contribution in [1.82, 2.24) is 28.9 Å². The zero-order valence-corrected chi connectivity index (χ0v) is 19.4. The number of esters is 1. The molecule has 0 amide bonds. The van der Waals surface area contributed by atoms with Crippen molar-refractivity contribution in [2.24, 2.45) is 7.05 Å². The number of nitrogens with one attached hydrogen (secondary N) is 1. The van der Waals surface area contributed by atoms with Crippen LogP contribution in [0.15, 0.2) is 15.7 Å². The SMILES string of the molecule is CCCCn1c(=O)[nH]c(=O)c2c1nc(COC(=O)c1cc3c(C)nn(C)c3s1)n2CCC. The molecule has 0 spiro atoms. The normalized spacial score (nSPS) is 11.6. The van der Waals surface area contributed by atoms with Gasteiger partial charge < -0.3 is 9.30 Å². The number of aromatic nitrogens is 6. The van der Waals surface area contributed by atoms with E-state index in [0.717, 1.165) is 35.2 Å². The Morgan fingerprint density at radius 1 is 1.19 bits per heavy atom. The standard InChI is InChI=1S/C21H26N6O4S/c1-5-7-9-27-17-16(18(28)23-21(27)30)26(8-6-2)15(22-17)11-31-20(29)14-10-13-12(3)24-25(4)19(13)32-14/h10H,5-9,11H2,1-4H3,(H,23,28,30). The highest BCUT2D eigenvalue weighted by Gasteiger charge is 2.21. The van der Waals surface area contributed by atoms with Crippen LogP contribution in [0.1, 0.15) is 54.3 Å². The second-order valence-electron chi connectivity index (χ2n) is 7.73. The second-order valence-corrected chi connectivity index (χ2v) is 8.76. The van der Waals surface area contributed by atoms with Crippen molar-refractivity contribution in [2.45, 2.75) is 59.7 Å². The van der Waals surface area contributed by atoms with E-state index in [-0.39, 0.29) is 6.61 Å². The van der Waals surface area contributed by atoms with Gasteiger partial charge in [0.1, 0.15) is 22.1 Å². The molecule has 0 atom stereocenters. The zero-order chi connectivity index (χ0) is 23.0. The van der Waals surface area contributed by atoms with Crippen molar-refractivity contribution in [2.75, 3.05) is 0 Å². The molecule has 4 rings (SSSR count). The first-order valence-corrected chi connectivity index (χ1v) is 11.5. The fourth-order valence-corrected chi connectivity index (χ4v) is 4.84. The smallest absolute Gasteiger partial charge is 0.348 e. The number of rotatable bonds is 8. The number of aromatic amines is 1. The number of hydrogen-bond donors (Lipinski definition) is 1. The topological polar surface area (TPSA) is 117 Å². The number of aryl methyl sites for hydroxylation is 4. The fourth-order valence-electron chi connectivity index (χ4n) is 3.82. The van der Waals surface area contributed by atoms with Crippen molar-refractivity contribution in [3.05, 3.63) is 43.3 Å². The molecule has 1 N–H and O–H groups in total. The molecule has 0 bridgehead atoms. The van der Waals surface area contributed by atoms with Crippen LogP contribution in [0.2, 0.25) is 0 Å². The number of carbonyl (C=O) groups excluding carboxylic acids is 1. The molecule has 0 aliphatic carbocycles. The van der Waals surface area contributed by atoms with E-state index in [1.54, 1.807) is 15.3 Å². The third-order valence-corrected chi connectivity index (χ3v) is 6.56. The minimum absolute atomic E-state index is 0.0968. The van der Waals surface area contributed by atoms with E-state index in [2.05, 4.69) is 15.1 Å². The molecule has 4 aromatic rings. The lowest BCUT2D eigenvalue weighted by atomic mass is 10.3. The van der Waals surface area contributed by atoms with Gasteiger partial charge in [0.25, 0.3) is 5.56 Å². The maximum atomic E-state index is 12.7. The second kappa shape index (κ2) is 8.73. The van der Waals surface area contributed by atoms with Gasteiger partial charge in [-0.1, -0.05) is 20.3 Å². The minimum atomic E-state index is -0.483. The molecular formula is C21H26N6O4S. The summed E-state index contributed by atoms with van der Waals surface area (Å²) in [6.07, 6.45) is 2.44. The van der Waals surface area contributed by atoms with E-state index < -0.39 is 17.2 Å². The largest absolute Gasteiger partial charge is 0.453 e. The lowest BCUT2D eigenvalue weighted by Gasteiger charge is -2.08. The molecule has 0 aromatic carbocycles. The maximum absolute atomic E-state index is 12.7. The lowest BCUT2D eigenvalue weighted by molar-refractivity contribution is 0.0464. The van der Waals surface area contributed by atoms with Crippen molar-refractivity contribution < 1.29 is 9.53 Å². The number of nitrogens with zero attached hydrogens (tertiary/aromatic N) is 5. The molecule has 10 nitrogen and oxygen atoms in total. The van der Waals surface area contributed by atoms with Gasteiger partial charge in [-0.25, -0.2) is 14.6 Å². The number of carbonyl (C=O) groups is 1. The quantitative estimate of drug-likeness (QED) is 0.406. The molecule has 0 aliphatic heterocycles. The molecule has 0 radical (unpaired) electrons. The van der Waals surface area contributed by atoms with E-state index in [0.29, 0.717) is 35.0 Å². The van der Waals surface area contributed by atoms with Gasteiger partial charge in [-0.2, -0.15) is 5.10 Å². The van der Waals surface area contributed by atoms with E-state index >= 15 is 0 Å². The van der Waals surface area contributed by atoms with Crippen LogP contribution in [0.3, 0.4) is 0 Å². The average molecular weight is 459 g/mol. The molecule has 4 aromatic heterocycles. The van der Waals surface area contributed by atoms with Crippen molar-refractivity contribution >= 4 is 38.7 Å². The molecule has 0 fully saturated rings. The number of hydrogen-bond acceptors (Lipinski definition) is 7. The Hall–Kier alpha value is -3.21. The Labute approximate surface area is 187 Å². The van der Waals surface area contributed by atoms with Gasteiger partial charge in [0.05, 0.1) is 5.69 Å². The highest BCUT2D eigenvalue weighted by atomic mass is 32.1. The van der Waals surface area contributed by atoms with E-state index in [9.17, 15) is 14.4 Å². The van der Waals surface area contributed by atoms with Gasteiger partial charge in [0.15, 0.2) is 11.2 Å². The van der Waals surface area contributed by atoms with Crippen molar-refractivity contribution in [3.63, 3.8) is 0 Å². The van der Waals surface area contributed by atoms with Crippen molar-refractivity contribution in [3.8, 4) is 0 Å². The number of imidazole rings is 1. The van der Waals surface area contributed by atoms with E-state index in [4.69, 9.17) is 4.74 Å². The maximum Gasteiger partial charge on any atom is 0.348 e. The summed E-state index contributed by atoms with van der Waals surface area (Å²) in [6.45, 7) is 6.79. The van der Waals surface area contributed by atoms with Crippen molar-refractivity contribution in [1.29, 1.82) is 0 Å². The Kier molecular flexibility index (Phi) is 6.00. The molecule has 170 valence electrons. The Balaban J connectivity index is 1.68. The van der Waals surface area contributed by atoms with Gasteiger partial charge in [-0.3, -0.25) is 19.0 Å². The van der Waals surface area contributed by atoms with Crippen LogP contribution < -0.4 is 11.2 Å². The molecule has 4 heterocycles. The Morgan fingerprint density at radius 2 is 1.97 bits per heavy atom. The van der Waals surface area contributed by atoms with Gasteiger partial charge in [-0.15, -0.1) is 11.3 Å². The van der Waals surface area contributed by atoms with Gasteiger partial charge in [0, 0.05) is 25.5 Å². The van der Waals surface area contributed by atoms with Crippen LogP contribution in [-0.2, 0) is 31.5 Å². The summed E-state index contributed by atoms with van der Waals surface area (Å²) in [6, 6.07) is 1.78. The summed E-state index contributed by atoms with van der Waals surface area (Å²) in [5.41, 5.74) is 0.554. The van der Waals surface area contributed by atoms with E-state index in [1.807, 2.05) is 27.8 Å². The third kappa shape index (κ3) is 3.77. The predicted octanol–water partition coefficient (Wildman–Crippen LogP) is 2.71. The van der Waals surface area contributed by atoms with Gasteiger partial charge in [-0.05, 0) is 25.8 Å². The number of unbranched alkanes of at least 4 members (excludes halogenated alkanes) is 1. The number of thiophene rings is 1. The molecule has 0 saturated carbocycles. The molecular weight excluding hydrogens is 432 g/mol. The van der Waals surface area contributed by atoms with Crippen LogP contribution >= 0.6 is 11.3 Å². The zero-order valence-electron chi connectivity index (χ0n) is 18.6. The molecule has 11 heteroatoms. The first-order chi connectivity index (χ1) is 15.3. The molecule has 32 heavy (non-hydrogen) atoms. The molecule has 0 unspecified atom stereocenters. The van der Waals surface area contributed by atoms with Crippen LogP contribution in [-0.4, -0.2) is 34.9 Å². The molecule has 0 saturated heterocycles.